The van der Waals surface area contributed by atoms with Gasteiger partial charge in [-0.1, -0.05) is 24.3 Å². The van der Waals surface area contributed by atoms with Crippen molar-refractivity contribution < 1.29 is 28.7 Å². The average molecular weight is 689 g/mol. The molecule has 2 aromatic heterocycles. The molecule has 47 heavy (non-hydrogen) atoms. The molecule has 4 amide bonds. The van der Waals surface area contributed by atoms with Crippen LogP contribution in [-0.2, 0) is 32.1 Å². The fraction of sp³-hybridized carbons (Fsp3) is 0.206. The number of carbonyl (C=O) groups excluding carboxylic acids is 5. The van der Waals surface area contributed by atoms with Gasteiger partial charge in [-0.15, -0.1) is 23.1 Å². The Morgan fingerprint density at radius 1 is 1.02 bits per heavy atom. The molecule has 4 aromatic rings. The lowest BCUT2D eigenvalue weighted by Gasteiger charge is -2.25. The molecular weight excluding hydrogens is 657 g/mol. The molecule has 3 N–H and O–H groups in total. The Bertz CT molecular complexity index is 1840. The highest BCUT2D eigenvalue weighted by atomic mass is 32.2. The number of methoxy groups -OCH3 is 1. The number of fused-ring (bicyclic) bond motifs is 1. The minimum atomic E-state index is -0.571. The molecule has 13 heteroatoms. The van der Waals surface area contributed by atoms with Crippen molar-refractivity contribution in [3.63, 3.8) is 0 Å². The van der Waals surface area contributed by atoms with Gasteiger partial charge in [0.15, 0.2) is 0 Å². The van der Waals surface area contributed by atoms with Crippen molar-refractivity contribution in [3.8, 4) is 0 Å². The first-order valence-electron chi connectivity index (χ1n) is 14.6. The van der Waals surface area contributed by atoms with E-state index in [0.29, 0.717) is 41.3 Å². The van der Waals surface area contributed by atoms with Gasteiger partial charge in [0.2, 0.25) is 11.8 Å². The summed E-state index contributed by atoms with van der Waals surface area (Å²) in [4.78, 5) is 67.5. The molecule has 10 nitrogen and oxygen atoms in total. The highest BCUT2D eigenvalue weighted by molar-refractivity contribution is 8.00. The van der Waals surface area contributed by atoms with E-state index in [4.69, 9.17) is 4.74 Å². The Morgan fingerprint density at radius 2 is 1.81 bits per heavy atom. The van der Waals surface area contributed by atoms with Crippen LogP contribution in [-0.4, -0.2) is 53.4 Å². The molecule has 0 saturated carbocycles. The van der Waals surface area contributed by atoms with Gasteiger partial charge in [0.05, 0.1) is 24.5 Å². The van der Waals surface area contributed by atoms with Gasteiger partial charge >= 0.3 is 5.97 Å². The minimum Gasteiger partial charge on any atom is -0.465 e. The summed E-state index contributed by atoms with van der Waals surface area (Å²) in [7, 11) is 1.30. The van der Waals surface area contributed by atoms with Crippen LogP contribution in [0.3, 0.4) is 0 Å². The van der Waals surface area contributed by atoms with E-state index in [-0.39, 0.29) is 17.5 Å². The molecule has 2 aromatic carbocycles. The number of esters is 1. The maximum Gasteiger partial charge on any atom is 0.341 e. The lowest BCUT2D eigenvalue weighted by Crippen LogP contribution is -2.33. The Balaban J connectivity index is 1.27. The number of anilines is 2. The van der Waals surface area contributed by atoms with Crippen molar-refractivity contribution >= 4 is 80.8 Å². The molecule has 0 spiro atoms. The van der Waals surface area contributed by atoms with Gasteiger partial charge in [0.25, 0.3) is 11.8 Å². The fourth-order valence-corrected chi connectivity index (χ4v) is 7.66. The predicted molar refractivity (Wildman–Crippen MR) is 186 cm³/mol. The number of nitrogens with zero attached hydrogens (tertiary/aromatic N) is 1. The van der Waals surface area contributed by atoms with Crippen molar-refractivity contribution in [1.82, 2.24) is 10.2 Å². The topological polar surface area (TPSA) is 134 Å². The number of amides is 4. The number of nitrogens with one attached hydrogen (secondary N) is 3. The number of ether oxygens (including phenoxy) is 1. The first-order valence-corrected chi connectivity index (χ1v) is 17.2. The number of thioether (sulfide) groups is 1. The number of hydrogen-bond donors (Lipinski definition) is 3. The monoisotopic (exact) mass is 688 g/mol. The molecule has 1 atom stereocenters. The number of benzene rings is 2. The molecule has 0 radical (unpaired) electrons. The maximum absolute atomic E-state index is 13.4. The van der Waals surface area contributed by atoms with Crippen LogP contribution >= 0.6 is 34.4 Å². The van der Waals surface area contributed by atoms with E-state index in [1.165, 1.54) is 48.5 Å². The van der Waals surface area contributed by atoms with Crippen LogP contribution in [0.1, 0.15) is 50.6 Å². The van der Waals surface area contributed by atoms with E-state index >= 15 is 0 Å². The minimum absolute atomic E-state index is 0.0515. The van der Waals surface area contributed by atoms with Gasteiger partial charge < -0.3 is 25.6 Å². The standard InChI is InChI=1S/C34H32N4O6S3/c1-20(30(40)37-33-29(34(43)44-3)26-12-14-38(21(2)39)18-28(26)47-33)46-25-11-7-10-24(17-25)35-32(42)27(16-22-13-15-45-19-22)36-31(41)23-8-5-4-6-9-23/h4-11,13,15-17,19-20H,12,14,18H2,1-3H3,(H,35,42)(H,36,41)(H,37,40)/b27-16-. The SMILES string of the molecule is COC(=O)c1c(NC(=O)C(C)Sc2cccc(NC(=O)/C(=C/c3ccsc3)NC(=O)c3ccccc3)c2)sc2c1CCN(C(C)=O)C2. The van der Waals surface area contributed by atoms with Gasteiger partial charge in [0.1, 0.15) is 10.7 Å². The van der Waals surface area contributed by atoms with Crippen LogP contribution < -0.4 is 16.0 Å². The second-order valence-electron chi connectivity index (χ2n) is 10.6. The number of rotatable bonds is 10. The Morgan fingerprint density at radius 3 is 2.51 bits per heavy atom. The largest absolute Gasteiger partial charge is 0.465 e. The first-order chi connectivity index (χ1) is 22.6. The van der Waals surface area contributed by atoms with E-state index in [2.05, 4.69) is 16.0 Å². The lowest BCUT2D eigenvalue weighted by atomic mass is 10.0. The molecule has 3 heterocycles. The van der Waals surface area contributed by atoms with Crippen molar-refractivity contribution in [1.29, 1.82) is 0 Å². The van der Waals surface area contributed by atoms with E-state index in [1.807, 2.05) is 22.9 Å². The molecule has 0 fully saturated rings. The van der Waals surface area contributed by atoms with Crippen LogP contribution in [0.5, 0.6) is 0 Å². The van der Waals surface area contributed by atoms with Crippen LogP contribution in [0, 0.1) is 0 Å². The third-order valence-electron chi connectivity index (χ3n) is 7.29. The van der Waals surface area contributed by atoms with Crippen LogP contribution in [0.4, 0.5) is 10.7 Å². The molecule has 5 rings (SSSR count). The smallest absolute Gasteiger partial charge is 0.341 e. The Kier molecular flexibility index (Phi) is 10.9. The molecular formula is C34H32N4O6S3. The molecule has 1 aliphatic heterocycles. The average Bonchev–Trinajstić information content (AvgIpc) is 3.71. The highest BCUT2D eigenvalue weighted by Crippen LogP contribution is 2.38. The molecule has 0 saturated heterocycles. The molecule has 0 aliphatic carbocycles. The summed E-state index contributed by atoms with van der Waals surface area (Å²) in [5, 5.41) is 12.0. The van der Waals surface area contributed by atoms with Crippen molar-refractivity contribution in [3.05, 3.63) is 104 Å². The van der Waals surface area contributed by atoms with Crippen LogP contribution in [0.2, 0.25) is 0 Å². The van der Waals surface area contributed by atoms with E-state index in [9.17, 15) is 24.0 Å². The summed E-state index contributed by atoms with van der Waals surface area (Å²) in [6.07, 6.45) is 2.11. The van der Waals surface area contributed by atoms with Gasteiger partial charge in [-0.05, 0) is 77.7 Å². The maximum atomic E-state index is 13.4. The first kappa shape index (κ1) is 33.6. The molecule has 1 unspecified atom stereocenters. The van der Waals surface area contributed by atoms with Crippen LogP contribution in [0.15, 0.2) is 82.0 Å². The van der Waals surface area contributed by atoms with E-state index in [0.717, 1.165) is 20.9 Å². The van der Waals surface area contributed by atoms with E-state index in [1.54, 1.807) is 66.4 Å². The summed E-state index contributed by atoms with van der Waals surface area (Å²) in [6.45, 7) is 4.11. The summed E-state index contributed by atoms with van der Waals surface area (Å²) >= 11 is 4.03. The lowest BCUT2D eigenvalue weighted by molar-refractivity contribution is -0.129. The van der Waals surface area contributed by atoms with E-state index < -0.39 is 23.0 Å². The highest BCUT2D eigenvalue weighted by Gasteiger charge is 2.31. The fourth-order valence-electron chi connectivity index (χ4n) is 4.86. The summed E-state index contributed by atoms with van der Waals surface area (Å²) in [5.74, 6) is -1.82. The van der Waals surface area contributed by atoms with Crippen molar-refractivity contribution in [2.45, 2.75) is 37.0 Å². The third-order valence-corrected chi connectivity index (χ3v) is 10.2. The molecule has 0 bridgehead atoms. The predicted octanol–water partition coefficient (Wildman–Crippen LogP) is 6.03. The third kappa shape index (κ3) is 8.36. The van der Waals surface area contributed by atoms with Gasteiger partial charge in [-0.25, -0.2) is 4.79 Å². The zero-order chi connectivity index (χ0) is 33.5. The zero-order valence-electron chi connectivity index (χ0n) is 25.8. The summed E-state index contributed by atoms with van der Waals surface area (Å²) < 4.78 is 5.02. The molecule has 242 valence electrons. The normalized spacial score (nSPS) is 13.3. The van der Waals surface area contributed by atoms with Crippen molar-refractivity contribution in [2.24, 2.45) is 0 Å². The quantitative estimate of drug-likeness (QED) is 0.105. The Labute approximate surface area is 284 Å². The second-order valence-corrected chi connectivity index (χ2v) is 13.9. The van der Waals surface area contributed by atoms with Crippen LogP contribution in [0.25, 0.3) is 6.08 Å². The van der Waals surface area contributed by atoms with Gasteiger partial charge in [-0.3, -0.25) is 19.2 Å². The Hall–Kier alpha value is -4.72. The number of carbonyl (C=O) groups is 5. The molecule has 1 aliphatic rings. The summed E-state index contributed by atoms with van der Waals surface area (Å²) in [5.41, 5.74) is 2.88. The second kappa shape index (κ2) is 15.2. The number of hydrogen-bond acceptors (Lipinski definition) is 9. The van der Waals surface area contributed by atoms with Gasteiger partial charge in [-0.2, -0.15) is 11.3 Å². The zero-order valence-corrected chi connectivity index (χ0v) is 28.3. The number of thiophene rings is 2. The van der Waals surface area contributed by atoms with Crippen molar-refractivity contribution in [2.75, 3.05) is 24.3 Å². The van der Waals surface area contributed by atoms with Gasteiger partial charge in [0, 0.05) is 34.5 Å². The summed E-state index contributed by atoms with van der Waals surface area (Å²) in [6, 6.07) is 17.5.